The topological polar surface area (TPSA) is 38.9 Å². The Morgan fingerprint density at radius 1 is 1.78 bits per heavy atom. The van der Waals surface area contributed by atoms with Gasteiger partial charge in [0.2, 0.25) is 5.89 Å². The summed E-state index contributed by atoms with van der Waals surface area (Å²) >= 11 is 0. The van der Waals surface area contributed by atoms with Crippen LogP contribution in [0.3, 0.4) is 0 Å². The van der Waals surface area contributed by atoms with Gasteiger partial charge in [0.25, 0.3) is 0 Å². The highest BCUT2D eigenvalue weighted by Gasteiger charge is 1.96. The minimum atomic E-state index is 0.604. The Hall–Kier alpha value is -1.12. The first-order valence-electron chi connectivity index (χ1n) is 2.73. The van der Waals surface area contributed by atoms with Gasteiger partial charge < -0.3 is 4.52 Å². The summed E-state index contributed by atoms with van der Waals surface area (Å²) in [6, 6.07) is 0. The minimum absolute atomic E-state index is 0.604. The van der Waals surface area contributed by atoms with Gasteiger partial charge in [0.05, 0.1) is 0 Å². The smallest absolute Gasteiger partial charge is 0.223 e. The third-order valence-corrected chi connectivity index (χ3v) is 0.897. The first kappa shape index (κ1) is 6.01. The standard InChI is InChI=1S/C6H8N2O/c1-3-4-6-7-5(2)9-8-6/h3H,1,4H2,2H3. The highest BCUT2D eigenvalue weighted by Crippen LogP contribution is 1.94. The molecule has 0 aromatic carbocycles. The molecule has 3 heteroatoms. The number of allylic oxidation sites excluding steroid dienone is 1. The van der Waals surface area contributed by atoms with Gasteiger partial charge in [0, 0.05) is 13.3 Å². The van der Waals surface area contributed by atoms with E-state index in [1.54, 1.807) is 13.0 Å². The van der Waals surface area contributed by atoms with E-state index in [4.69, 9.17) is 4.52 Å². The molecule has 0 radical (unpaired) electrons. The Bertz CT molecular complexity index is 205. The van der Waals surface area contributed by atoms with Crippen LogP contribution in [0.25, 0.3) is 0 Å². The fraction of sp³-hybridized carbons (Fsp3) is 0.333. The molecule has 0 atom stereocenters. The molecule has 0 aliphatic rings. The van der Waals surface area contributed by atoms with Crippen molar-refractivity contribution < 1.29 is 4.52 Å². The van der Waals surface area contributed by atoms with Gasteiger partial charge in [-0.1, -0.05) is 11.2 Å². The van der Waals surface area contributed by atoms with Crippen LogP contribution in [-0.4, -0.2) is 10.1 Å². The van der Waals surface area contributed by atoms with Crippen LogP contribution >= 0.6 is 0 Å². The predicted octanol–water partition coefficient (Wildman–Crippen LogP) is 1.11. The van der Waals surface area contributed by atoms with Crippen molar-refractivity contribution in [2.75, 3.05) is 0 Å². The third-order valence-electron chi connectivity index (χ3n) is 0.897. The molecule has 0 saturated carbocycles. The van der Waals surface area contributed by atoms with Gasteiger partial charge in [-0.3, -0.25) is 0 Å². The molecule has 0 unspecified atom stereocenters. The van der Waals surface area contributed by atoms with Gasteiger partial charge in [-0.25, -0.2) is 0 Å². The monoisotopic (exact) mass is 124 g/mol. The lowest BCUT2D eigenvalue weighted by Crippen LogP contribution is -1.81. The van der Waals surface area contributed by atoms with Crippen LogP contribution in [-0.2, 0) is 6.42 Å². The Balaban J connectivity index is 2.72. The molecule has 0 aliphatic heterocycles. The van der Waals surface area contributed by atoms with Crippen LogP contribution in [0.4, 0.5) is 0 Å². The van der Waals surface area contributed by atoms with E-state index in [0.29, 0.717) is 18.1 Å². The van der Waals surface area contributed by atoms with Crippen LogP contribution in [0, 0.1) is 6.92 Å². The van der Waals surface area contributed by atoms with E-state index in [0.717, 1.165) is 0 Å². The number of hydrogen-bond acceptors (Lipinski definition) is 3. The van der Waals surface area contributed by atoms with Crippen molar-refractivity contribution in [2.24, 2.45) is 0 Å². The highest BCUT2D eigenvalue weighted by atomic mass is 16.5. The molecule has 1 rings (SSSR count). The molecular formula is C6H8N2O. The molecule has 1 aromatic heterocycles. The van der Waals surface area contributed by atoms with Gasteiger partial charge in [0.15, 0.2) is 5.82 Å². The van der Waals surface area contributed by atoms with E-state index in [9.17, 15) is 0 Å². The normalized spacial score (nSPS) is 9.44. The second kappa shape index (κ2) is 2.44. The molecule has 3 nitrogen and oxygen atoms in total. The fourth-order valence-electron chi connectivity index (χ4n) is 0.553. The van der Waals surface area contributed by atoms with Crippen molar-refractivity contribution in [3.8, 4) is 0 Å². The van der Waals surface area contributed by atoms with Crippen LogP contribution in [0.15, 0.2) is 17.2 Å². The first-order chi connectivity index (χ1) is 4.33. The second-order valence-electron chi connectivity index (χ2n) is 1.72. The van der Waals surface area contributed by atoms with Crippen LogP contribution in [0.1, 0.15) is 11.7 Å². The molecule has 0 amide bonds. The van der Waals surface area contributed by atoms with Crippen molar-refractivity contribution in [3.63, 3.8) is 0 Å². The summed E-state index contributed by atoms with van der Waals surface area (Å²) in [7, 11) is 0. The van der Waals surface area contributed by atoms with E-state index in [1.807, 2.05) is 0 Å². The van der Waals surface area contributed by atoms with Crippen molar-refractivity contribution in [3.05, 3.63) is 24.4 Å². The number of nitrogens with zero attached hydrogens (tertiary/aromatic N) is 2. The Kier molecular flexibility index (Phi) is 1.63. The van der Waals surface area contributed by atoms with Crippen molar-refractivity contribution >= 4 is 0 Å². The summed E-state index contributed by atoms with van der Waals surface area (Å²) in [4.78, 5) is 3.95. The third kappa shape index (κ3) is 1.38. The lowest BCUT2D eigenvalue weighted by atomic mass is 10.4. The first-order valence-corrected chi connectivity index (χ1v) is 2.73. The van der Waals surface area contributed by atoms with Gasteiger partial charge in [-0.15, -0.1) is 6.58 Å². The van der Waals surface area contributed by atoms with E-state index >= 15 is 0 Å². The van der Waals surface area contributed by atoms with Crippen molar-refractivity contribution in [1.82, 2.24) is 10.1 Å². The zero-order valence-electron chi connectivity index (χ0n) is 5.29. The Morgan fingerprint density at radius 2 is 2.56 bits per heavy atom. The summed E-state index contributed by atoms with van der Waals surface area (Å²) in [6.07, 6.45) is 2.42. The largest absolute Gasteiger partial charge is 0.340 e. The lowest BCUT2D eigenvalue weighted by molar-refractivity contribution is 0.388. The molecule has 0 spiro atoms. The second-order valence-corrected chi connectivity index (χ2v) is 1.72. The maximum atomic E-state index is 4.71. The van der Waals surface area contributed by atoms with Gasteiger partial charge in [0.1, 0.15) is 0 Å². The maximum Gasteiger partial charge on any atom is 0.223 e. The zero-order valence-corrected chi connectivity index (χ0v) is 5.29. The number of aromatic nitrogens is 2. The van der Waals surface area contributed by atoms with Gasteiger partial charge in [-0.2, -0.15) is 4.98 Å². The van der Waals surface area contributed by atoms with E-state index in [-0.39, 0.29) is 0 Å². The molecule has 0 N–H and O–H groups in total. The molecule has 0 aliphatic carbocycles. The molecular weight excluding hydrogens is 116 g/mol. The van der Waals surface area contributed by atoms with Gasteiger partial charge >= 0.3 is 0 Å². The van der Waals surface area contributed by atoms with E-state index in [1.165, 1.54) is 0 Å². The number of rotatable bonds is 2. The molecule has 1 heterocycles. The van der Waals surface area contributed by atoms with Crippen molar-refractivity contribution in [1.29, 1.82) is 0 Å². The summed E-state index contributed by atoms with van der Waals surface area (Å²) < 4.78 is 4.71. The summed E-state index contributed by atoms with van der Waals surface area (Å²) in [5, 5.41) is 3.65. The van der Waals surface area contributed by atoms with Crippen LogP contribution < -0.4 is 0 Å². The van der Waals surface area contributed by atoms with E-state index < -0.39 is 0 Å². The van der Waals surface area contributed by atoms with E-state index in [2.05, 4.69) is 16.7 Å². The summed E-state index contributed by atoms with van der Waals surface area (Å²) in [6.45, 7) is 5.31. The molecule has 1 aromatic rings. The molecule has 0 saturated heterocycles. The SMILES string of the molecule is C=CCc1noc(C)n1. The Morgan fingerprint density at radius 3 is 3.00 bits per heavy atom. The average molecular weight is 124 g/mol. The minimum Gasteiger partial charge on any atom is -0.340 e. The average Bonchev–Trinajstić information content (AvgIpc) is 2.17. The highest BCUT2D eigenvalue weighted by molar-refractivity contribution is 4.90. The van der Waals surface area contributed by atoms with Crippen LogP contribution in [0.5, 0.6) is 0 Å². The zero-order chi connectivity index (χ0) is 6.69. The van der Waals surface area contributed by atoms with Gasteiger partial charge in [-0.05, 0) is 0 Å². The molecule has 48 valence electrons. The fourth-order valence-corrected chi connectivity index (χ4v) is 0.553. The van der Waals surface area contributed by atoms with Crippen LogP contribution in [0.2, 0.25) is 0 Å². The maximum absolute atomic E-state index is 4.71. The Labute approximate surface area is 53.4 Å². The molecule has 0 bridgehead atoms. The molecule has 0 fully saturated rings. The summed E-state index contributed by atoms with van der Waals surface area (Å²) in [5.41, 5.74) is 0. The number of hydrogen-bond donors (Lipinski definition) is 0. The van der Waals surface area contributed by atoms with Crippen molar-refractivity contribution in [2.45, 2.75) is 13.3 Å². The molecule has 9 heavy (non-hydrogen) atoms. The summed E-state index contributed by atoms with van der Waals surface area (Å²) in [5.74, 6) is 1.30. The predicted molar refractivity (Wildman–Crippen MR) is 32.9 cm³/mol. The number of aryl methyl sites for hydroxylation is 1. The lowest BCUT2D eigenvalue weighted by Gasteiger charge is -1.76. The quantitative estimate of drug-likeness (QED) is 0.554.